The summed E-state index contributed by atoms with van der Waals surface area (Å²) >= 11 is 0. The lowest BCUT2D eigenvalue weighted by molar-refractivity contribution is 0.185. The molecule has 1 aliphatic rings. The molecule has 0 amide bonds. The van der Waals surface area contributed by atoms with E-state index < -0.39 is 0 Å². The molecule has 7 heteroatoms. The van der Waals surface area contributed by atoms with E-state index in [2.05, 4.69) is 73.4 Å². The van der Waals surface area contributed by atoms with Gasteiger partial charge in [0.15, 0.2) is 0 Å². The predicted molar refractivity (Wildman–Crippen MR) is 124 cm³/mol. The Balaban J connectivity index is 1.14. The minimum absolute atomic E-state index is 0.551. The molecule has 0 bridgehead atoms. The lowest BCUT2D eigenvalue weighted by Crippen LogP contribution is -2.52. The number of rotatable bonds is 7. The highest BCUT2D eigenvalue weighted by Crippen LogP contribution is 2.23. The van der Waals surface area contributed by atoms with Gasteiger partial charge in [-0.15, -0.1) is 10.2 Å². The Bertz CT molecular complexity index is 1100. The second kappa shape index (κ2) is 8.89. The number of H-pyrrole nitrogens is 1. The van der Waals surface area contributed by atoms with Crippen molar-refractivity contribution < 1.29 is 0 Å². The van der Waals surface area contributed by atoms with Gasteiger partial charge in [-0.05, 0) is 68.6 Å². The molecule has 3 aromatic heterocycles. The van der Waals surface area contributed by atoms with Gasteiger partial charge < -0.3 is 9.88 Å². The summed E-state index contributed by atoms with van der Waals surface area (Å²) in [6.07, 6.45) is 11.0. The first-order chi connectivity index (χ1) is 15.3. The number of anilines is 1. The van der Waals surface area contributed by atoms with Crippen LogP contribution in [0.2, 0.25) is 0 Å². The maximum absolute atomic E-state index is 4.51. The van der Waals surface area contributed by atoms with Gasteiger partial charge >= 0.3 is 0 Å². The molecule has 4 aromatic rings. The second-order valence-electron chi connectivity index (χ2n) is 8.39. The van der Waals surface area contributed by atoms with Crippen LogP contribution in [0.4, 0.5) is 5.82 Å². The van der Waals surface area contributed by atoms with Crippen LogP contribution in [0.3, 0.4) is 0 Å². The van der Waals surface area contributed by atoms with Gasteiger partial charge in [-0.2, -0.15) is 0 Å². The van der Waals surface area contributed by atoms with Gasteiger partial charge in [0, 0.05) is 54.7 Å². The average molecular weight is 416 g/mol. The van der Waals surface area contributed by atoms with Crippen molar-refractivity contribution in [3.63, 3.8) is 0 Å². The third kappa shape index (κ3) is 4.32. The molecule has 5 rings (SSSR count). The van der Waals surface area contributed by atoms with Crippen molar-refractivity contribution >= 4 is 16.7 Å². The molecule has 0 spiro atoms. The third-order valence-electron chi connectivity index (χ3n) is 6.35. The fourth-order valence-corrected chi connectivity index (χ4v) is 4.57. The summed E-state index contributed by atoms with van der Waals surface area (Å²) in [6, 6.07) is 13.2. The lowest BCUT2D eigenvalue weighted by atomic mass is 10.1. The molecule has 7 nitrogen and oxygen atoms in total. The number of fused-ring (bicyclic) bond motifs is 1. The van der Waals surface area contributed by atoms with Gasteiger partial charge in [0.05, 0.1) is 0 Å². The first-order valence-corrected chi connectivity index (χ1v) is 11.1. The molecule has 1 fully saturated rings. The number of nitrogens with zero attached hydrogens (tertiary/aromatic N) is 6. The van der Waals surface area contributed by atoms with Crippen molar-refractivity contribution in [2.45, 2.75) is 32.2 Å². The molecule has 1 saturated heterocycles. The molecule has 31 heavy (non-hydrogen) atoms. The van der Waals surface area contributed by atoms with Crippen molar-refractivity contribution in [3.8, 4) is 5.69 Å². The summed E-state index contributed by atoms with van der Waals surface area (Å²) < 4.78 is 1.95. The average Bonchev–Trinajstić information content (AvgIpc) is 3.48. The number of aryl methyl sites for hydroxylation is 1. The Labute approximate surface area is 182 Å². The van der Waals surface area contributed by atoms with Gasteiger partial charge in [0.1, 0.15) is 18.5 Å². The molecule has 0 saturated carbocycles. The van der Waals surface area contributed by atoms with Gasteiger partial charge in [0.2, 0.25) is 0 Å². The molecule has 0 aliphatic carbocycles. The van der Waals surface area contributed by atoms with Gasteiger partial charge in [-0.25, -0.2) is 4.98 Å². The number of nitrogens with one attached hydrogen (secondary N) is 1. The first kappa shape index (κ1) is 19.8. The molecule has 160 valence electrons. The van der Waals surface area contributed by atoms with Crippen molar-refractivity contribution in [2.75, 3.05) is 31.1 Å². The van der Waals surface area contributed by atoms with Crippen LogP contribution < -0.4 is 4.90 Å². The summed E-state index contributed by atoms with van der Waals surface area (Å²) in [5.41, 5.74) is 3.67. The molecule has 1 atom stereocenters. The summed E-state index contributed by atoms with van der Waals surface area (Å²) in [6.45, 7) is 6.70. The Morgan fingerprint density at radius 2 is 1.97 bits per heavy atom. The van der Waals surface area contributed by atoms with E-state index in [1.54, 1.807) is 12.7 Å². The Kier molecular flexibility index (Phi) is 5.67. The SMILES string of the molecule is CC1CN(c2ccccn2)CCN1CCCCc1c[nH]c2ccc(-n3cnnc3)cc12. The first-order valence-electron chi connectivity index (χ1n) is 11.1. The molecule has 1 aromatic carbocycles. The van der Waals surface area contributed by atoms with E-state index in [4.69, 9.17) is 0 Å². The molecular weight excluding hydrogens is 386 g/mol. The summed E-state index contributed by atoms with van der Waals surface area (Å²) in [5, 5.41) is 9.13. The third-order valence-corrected chi connectivity index (χ3v) is 6.35. The lowest BCUT2D eigenvalue weighted by Gasteiger charge is -2.40. The minimum Gasteiger partial charge on any atom is -0.361 e. The quantitative estimate of drug-likeness (QED) is 0.467. The normalized spacial score (nSPS) is 17.5. The van der Waals surface area contributed by atoms with E-state index in [0.29, 0.717) is 6.04 Å². The van der Waals surface area contributed by atoms with Crippen molar-refractivity contribution in [3.05, 3.63) is 67.0 Å². The molecule has 0 radical (unpaired) electrons. The van der Waals surface area contributed by atoms with Gasteiger partial charge in [-0.3, -0.25) is 9.47 Å². The van der Waals surface area contributed by atoms with Gasteiger partial charge in [-0.1, -0.05) is 6.07 Å². The number of aromatic nitrogens is 5. The Morgan fingerprint density at radius 3 is 2.77 bits per heavy atom. The number of aromatic amines is 1. The molecule has 1 aliphatic heterocycles. The monoisotopic (exact) mass is 415 g/mol. The van der Waals surface area contributed by atoms with Crippen LogP contribution in [0.25, 0.3) is 16.6 Å². The fourth-order valence-electron chi connectivity index (χ4n) is 4.57. The topological polar surface area (TPSA) is 65.9 Å². The zero-order valence-corrected chi connectivity index (χ0v) is 18.0. The maximum atomic E-state index is 4.51. The number of pyridine rings is 1. The van der Waals surface area contributed by atoms with Crippen LogP contribution in [0.15, 0.2) is 61.4 Å². The maximum Gasteiger partial charge on any atom is 0.128 e. The largest absolute Gasteiger partial charge is 0.361 e. The van der Waals surface area contributed by atoms with Crippen LogP contribution in [0, 0.1) is 0 Å². The van der Waals surface area contributed by atoms with Crippen molar-refractivity contribution in [1.29, 1.82) is 0 Å². The number of piperazine rings is 1. The highest BCUT2D eigenvalue weighted by Gasteiger charge is 2.23. The smallest absolute Gasteiger partial charge is 0.128 e. The van der Waals surface area contributed by atoms with Crippen molar-refractivity contribution in [1.82, 2.24) is 29.6 Å². The second-order valence-corrected chi connectivity index (χ2v) is 8.39. The standard InChI is InChI=1S/C24H29N7/c1-19-16-30(24-7-2-4-10-25-24)13-12-29(19)11-5-3-6-20-15-26-23-9-8-21(14-22(20)23)31-17-27-28-18-31/h2,4,7-10,14-15,17-19,26H,3,5-6,11-13,16H2,1H3. The van der Waals surface area contributed by atoms with E-state index in [9.17, 15) is 0 Å². The van der Waals surface area contributed by atoms with E-state index in [1.807, 2.05) is 16.8 Å². The highest BCUT2D eigenvalue weighted by atomic mass is 15.3. The van der Waals surface area contributed by atoms with Crippen LogP contribution in [-0.4, -0.2) is 61.9 Å². The van der Waals surface area contributed by atoms with Crippen LogP contribution >= 0.6 is 0 Å². The Morgan fingerprint density at radius 1 is 1.06 bits per heavy atom. The van der Waals surface area contributed by atoms with Crippen LogP contribution in [0.5, 0.6) is 0 Å². The fraction of sp³-hybridized carbons (Fsp3) is 0.375. The van der Waals surface area contributed by atoms with E-state index >= 15 is 0 Å². The summed E-state index contributed by atoms with van der Waals surface area (Å²) in [7, 11) is 0. The van der Waals surface area contributed by atoms with Gasteiger partial charge in [0.25, 0.3) is 0 Å². The minimum atomic E-state index is 0.551. The van der Waals surface area contributed by atoms with E-state index in [-0.39, 0.29) is 0 Å². The van der Waals surface area contributed by atoms with Crippen LogP contribution in [-0.2, 0) is 6.42 Å². The number of benzene rings is 1. The number of hydrogen-bond donors (Lipinski definition) is 1. The molecule has 1 unspecified atom stereocenters. The Hall–Kier alpha value is -3.19. The molecule has 1 N–H and O–H groups in total. The molecular formula is C24H29N7. The summed E-state index contributed by atoms with van der Waals surface area (Å²) in [5.74, 6) is 1.10. The van der Waals surface area contributed by atoms with Crippen LogP contribution in [0.1, 0.15) is 25.3 Å². The van der Waals surface area contributed by atoms with E-state index in [1.165, 1.54) is 29.3 Å². The van der Waals surface area contributed by atoms with Crippen molar-refractivity contribution in [2.24, 2.45) is 0 Å². The number of unbranched alkanes of at least 4 members (excludes halogenated alkanes) is 1. The van der Waals surface area contributed by atoms with E-state index in [0.717, 1.165) is 44.1 Å². The number of hydrogen-bond acceptors (Lipinski definition) is 5. The molecule has 4 heterocycles. The summed E-state index contributed by atoms with van der Waals surface area (Å²) in [4.78, 5) is 13.0. The highest BCUT2D eigenvalue weighted by molar-refractivity contribution is 5.85. The zero-order valence-electron chi connectivity index (χ0n) is 18.0. The predicted octanol–water partition coefficient (Wildman–Crippen LogP) is 3.68. The zero-order chi connectivity index (χ0) is 21.0.